The molecule has 1 aromatic rings. The van der Waals surface area contributed by atoms with Gasteiger partial charge in [0.2, 0.25) is 5.91 Å². The van der Waals surface area contributed by atoms with E-state index in [-0.39, 0.29) is 24.0 Å². The quantitative estimate of drug-likeness (QED) is 0.834. The average Bonchev–Trinajstić information content (AvgIpc) is 3.00. The fourth-order valence-corrected chi connectivity index (χ4v) is 3.50. The molecular formula is C16H27N3O2S. The van der Waals surface area contributed by atoms with Crippen LogP contribution in [0.2, 0.25) is 0 Å². The van der Waals surface area contributed by atoms with Crippen LogP contribution < -0.4 is 11.1 Å². The van der Waals surface area contributed by atoms with Gasteiger partial charge in [-0.1, -0.05) is 19.9 Å². The summed E-state index contributed by atoms with van der Waals surface area (Å²) < 4.78 is 5.63. The van der Waals surface area contributed by atoms with Gasteiger partial charge in [-0.3, -0.25) is 9.69 Å². The Bertz CT molecular complexity index is 464. The number of hydrogen-bond donors (Lipinski definition) is 2. The van der Waals surface area contributed by atoms with Crippen molar-refractivity contribution in [1.29, 1.82) is 0 Å². The van der Waals surface area contributed by atoms with Gasteiger partial charge in [-0.2, -0.15) is 0 Å². The van der Waals surface area contributed by atoms with Crippen LogP contribution in [0.25, 0.3) is 0 Å². The van der Waals surface area contributed by atoms with Gasteiger partial charge in [-0.25, -0.2) is 0 Å². The van der Waals surface area contributed by atoms with Crippen molar-refractivity contribution in [3.05, 3.63) is 22.4 Å². The fraction of sp³-hybridized carbons (Fsp3) is 0.688. The van der Waals surface area contributed by atoms with Crippen molar-refractivity contribution in [3.63, 3.8) is 0 Å². The summed E-state index contributed by atoms with van der Waals surface area (Å²) in [6, 6.07) is 3.92. The summed E-state index contributed by atoms with van der Waals surface area (Å²) in [5.74, 6) is 0.0708. The normalized spacial score (nSPS) is 22.5. The summed E-state index contributed by atoms with van der Waals surface area (Å²) in [6.07, 6.45) is 0.227. The summed E-state index contributed by atoms with van der Waals surface area (Å²) >= 11 is 1.73. The number of nitrogens with zero attached hydrogens (tertiary/aromatic N) is 1. The van der Waals surface area contributed by atoms with Gasteiger partial charge in [-0.05, 0) is 24.3 Å². The van der Waals surface area contributed by atoms with E-state index in [4.69, 9.17) is 10.5 Å². The smallest absolute Gasteiger partial charge is 0.237 e. The van der Waals surface area contributed by atoms with Crippen LogP contribution in [0.4, 0.5) is 0 Å². The molecule has 0 radical (unpaired) electrons. The highest BCUT2D eigenvalue weighted by atomic mass is 32.1. The Morgan fingerprint density at radius 1 is 1.59 bits per heavy atom. The summed E-state index contributed by atoms with van der Waals surface area (Å²) in [7, 11) is 0. The van der Waals surface area contributed by atoms with Crippen molar-refractivity contribution in [2.75, 3.05) is 26.2 Å². The zero-order valence-electron chi connectivity index (χ0n) is 13.6. The van der Waals surface area contributed by atoms with E-state index < -0.39 is 6.04 Å². The van der Waals surface area contributed by atoms with E-state index in [0.717, 1.165) is 19.7 Å². The number of thiophene rings is 1. The molecule has 6 heteroatoms. The lowest BCUT2D eigenvalue weighted by Crippen LogP contribution is -2.49. The second-order valence-electron chi connectivity index (χ2n) is 6.22. The molecule has 3 N–H and O–H groups in total. The van der Waals surface area contributed by atoms with Crippen LogP contribution in [0.1, 0.15) is 31.7 Å². The molecule has 1 aromatic heterocycles. The lowest BCUT2D eigenvalue weighted by Gasteiger charge is -2.37. The molecule has 1 aliphatic rings. The van der Waals surface area contributed by atoms with Crippen LogP contribution in [0, 0.1) is 5.92 Å². The van der Waals surface area contributed by atoms with E-state index in [0.29, 0.717) is 6.54 Å². The highest BCUT2D eigenvalue weighted by molar-refractivity contribution is 7.10. The molecule has 1 aliphatic heterocycles. The number of ether oxygens (including phenoxy) is 1. The van der Waals surface area contributed by atoms with Gasteiger partial charge in [0, 0.05) is 24.5 Å². The Balaban J connectivity index is 2.01. The Hall–Kier alpha value is -0.950. The predicted molar refractivity (Wildman–Crippen MR) is 89.9 cm³/mol. The lowest BCUT2D eigenvalue weighted by atomic mass is 10.0. The molecule has 1 amide bonds. The highest BCUT2D eigenvalue weighted by Crippen LogP contribution is 2.26. The summed E-state index contributed by atoms with van der Waals surface area (Å²) in [6.45, 7) is 9.11. The first-order chi connectivity index (χ1) is 10.5. The first-order valence-electron chi connectivity index (χ1n) is 7.91. The zero-order valence-corrected chi connectivity index (χ0v) is 14.4. The minimum absolute atomic E-state index is 0.0714. The molecule has 22 heavy (non-hydrogen) atoms. The van der Waals surface area contributed by atoms with Crippen molar-refractivity contribution in [1.82, 2.24) is 10.2 Å². The number of rotatable bonds is 6. The maximum atomic E-state index is 12.1. The van der Waals surface area contributed by atoms with Gasteiger partial charge in [0.25, 0.3) is 0 Å². The average molecular weight is 325 g/mol. The minimum Gasteiger partial charge on any atom is -0.376 e. The molecule has 0 aromatic carbocycles. The second kappa shape index (κ2) is 8.06. The molecule has 2 rings (SSSR count). The van der Waals surface area contributed by atoms with E-state index in [9.17, 15) is 4.79 Å². The molecule has 0 saturated carbocycles. The van der Waals surface area contributed by atoms with Gasteiger partial charge >= 0.3 is 0 Å². The number of nitrogens with one attached hydrogen (secondary N) is 1. The third kappa shape index (κ3) is 4.52. The van der Waals surface area contributed by atoms with Crippen LogP contribution in [-0.2, 0) is 9.53 Å². The largest absolute Gasteiger partial charge is 0.376 e. The van der Waals surface area contributed by atoms with Crippen LogP contribution >= 0.6 is 11.3 Å². The summed E-state index contributed by atoms with van der Waals surface area (Å²) in [4.78, 5) is 15.8. The van der Waals surface area contributed by atoms with Crippen LogP contribution in [0.3, 0.4) is 0 Å². The van der Waals surface area contributed by atoms with Crippen molar-refractivity contribution in [2.45, 2.75) is 39.0 Å². The number of morpholine rings is 1. The van der Waals surface area contributed by atoms with Crippen molar-refractivity contribution in [3.8, 4) is 0 Å². The molecule has 5 nitrogen and oxygen atoms in total. The number of carbonyl (C=O) groups excluding carboxylic acids is 1. The van der Waals surface area contributed by atoms with Crippen LogP contribution in [0.5, 0.6) is 0 Å². The number of nitrogens with two attached hydrogens (primary N) is 1. The number of hydrogen-bond acceptors (Lipinski definition) is 5. The van der Waals surface area contributed by atoms with Crippen LogP contribution in [0.15, 0.2) is 17.5 Å². The number of amides is 1. The topological polar surface area (TPSA) is 67.6 Å². The second-order valence-corrected chi connectivity index (χ2v) is 7.20. The molecule has 2 unspecified atom stereocenters. The van der Waals surface area contributed by atoms with Gasteiger partial charge in [-0.15, -0.1) is 11.3 Å². The van der Waals surface area contributed by atoms with E-state index in [1.165, 1.54) is 4.88 Å². The van der Waals surface area contributed by atoms with E-state index >= 15 is 0 Å². The van der Waals surface area contributed by atoms with Gasteiger partial charge in [0.15, 0.2) is 0 Å². The molecule has 124 valence electrons. The molecular weight excluding hydrogens is 298 g/mol. The molecule has 0 bridgehead atoms. The highest BCUT2D eigenvalue weighted by Gasteiger charge is 2.27. The monoisotopic (exact) mass is 325 g/mol. The first kappa shape index (κ1) is 17.4. The standard InChI is InChI=1S/C16H27N3O2S/c1-11(2)15(17)16(20)18-9-13(14-5-4-8-22-14)19-6-7-21-12(3)10-19/h4-5,8,11-13,15H,6-7,9-10,17H2,1-3H3,(H,18,20)/t12?,13?,15-/m0/s1. The Labute approximate surface area is 136 Å². The fourth-order valence-electron chi connectivity index (χ4n) is 2.64. The van der Waals surface area contributed by atoms with Gasteiger partial charge in [0.1, 0.15) is 0 Å². The Kier molecular flexibility index (Phi) is 6.37. The van der Waals surface area contributed by atoms with Crippen molar-refractivity contribution < 1.29 is 9.53 Å². The van der Waals surface area contributed by atoms with Gasteiger partial charge < -0.3 is 15.8 Å². The lowest BCUT2D eigenvalue weighted by molar-refractivity contribution is -0.123. The third-order valence-corrected chi connectivity index (χ3v) is 5.05. The molecule has 2 heterocycles. The van der Waals surface area contributed by atoms with Crippen molar-refractivity contribution in [2.24, 2.45) is 11.7 Å². The Morgan fingerprint density at radius 3 is 2.95 bits per heavy atom. The third-order valence-electron chi connectivity index (χ3n) is 4.08. The zero-order chi connectivity index (χ0) is 16.1. The van der Waals surface area contributed by atoms with E-state index in [1.807, 2.05) is 13.8 Å². The number of carbonyl (C=O) groups is 1. The molecule has 0 spiro atoms. The SMILES string of the molecule is CC1CN(C(CNC(=O)[C@@H](N)C(C)C)c2cccs2)CCO1. The van der Waals surface area contributed by atoms with E-state index in [1.54, 1.807) is 11.3 Å². The first-order valence-corrected chi connectivity index (χ1v) is 8.79. The summed E-state index contributed by atoms with van der Waals surface area (Å²) in [5.41, 5.74) is 5.92. The minimum atomic E-state index is -0.451. The Morgan fingerprint density at radius 2 is 2.36 bits per heavy atom. The van der Waals surface area contributed by atoms with Crippen molar-refractivity contribution >= 4 is 17.2 Å². The van der Waals surface area contributed by atoms with Crippen LogP contribution in [-0.4, -0.2) is 49.2 Å². The molecule has 3 atom stereocenters. The van der Waals surface area contributed by atoms with E-state index in [2.05, 4.69) is 34.7 Å². The molecule has 1 fully saturated rings. The predicted octanol–water partition coefficient (Wildman–Crippen LogP) is 1.61. The molecule has 0 aliphatic carbocycles. The maximum absolute atomic E-state index is 12.1. The van der Waals surface area contributed by atoms with Gasteiger partial charge in [0.05, 0.1) is 24.8 Å². The maximum Gasteiger partial charge on any atom is 0.237 e. The summed E-state index contributed by atoms with van der Waals surface area (Å²) in [5, 5.41) is 5.10. The molecule has 1 saturated heterocycles.